The Kier molecular flexibility index (Phi) is 105. The van der Waals surface area contributed by atoms with Crippen molar-refractivity contribution in [3.05, 3.63) is 109 Å². The molecule has 5 amide bonds. The number of rotatable bonds is 25. The molecule has 0 aliphatic carbocycles. The molecule has 4 aromatic carbocycles. The smallest absolute Gasteiger partial charge is 0.388 e. The second-order valence-electron chi connectivity index (χ2n) is 43.1. The van der Waals surface area contributed by atoms with Crippen LogP contribution in [0.4, 0.5) is 34.6 Å². The SMILES string of the molecule is CCC.CCC(C)(C)I.CCC(C)C.CCC(C)I.CCC(F)(F)F.CCC[Si](C)(C)CN(C(C)=O)c1ccccc1.CCC[Si](C)(C)c1cccc(N(C)C(C)=O)c1.CCN(C(C)=O)c1ccccc1.CCN(C)C(C)=O.CCNC(C)=O.CCOC(C)=O.CC[Si](C)(C)C.CC[Si](C)(C)O.CF.C[SiH](C)C[Si](C)(C)C.C[Si](C)(C)O[Si](C)(C)C.C[Si](C)(C)c1ccc([Si](C)(C)C)cc1. The van der Waals surface area contributed by atoms with Crippen molar-refractivity contribution in [1.29, 1.82) is 0 Å². The first kappa shape index (κ1) is 160. The molecule has 0 aliphatic heterocycles. The van der Waals surface area contributed by atoms with E-state index in [1.807, 2.05) is 119 Å². The van der Waals surface area contributed by atoms with Crippen LogP contribution in [0.5, 0.6) is 0 Å². The van der Waals surface area contributed by atoms with Gasteiger partial charge in [0.05, 0.1) is 46.1 Å². The lowest BCUT2D eigenvalue weighted by Gasteiger charge is -2.30. The first-order valence-electron chi connectivity index (χ1n) is 49.8. The number of hydrogen-bond acceptors (Lipinski definition) is 9. The molecule has 14 nitrogen and oxygen atoms in total. The van der Waals surface area contributed by atoms with Gasteiger partial charge in [-0.3, -0.25) is 33.2 Å². The van der Waals surface area contributed by atoms with Crippen molar-refractivity contribution < 1.29 is 60.0 Å². The van der Waals surface area contributed by atoms with E-state index in [2.05, 4.69) is 345 Å². The molecule has 135 heavy (non-hydrogen) atoms. The van der Waals surface area contributed by atoms with E-state index in [1.165, 1.54) is 75.7 Å². The third-order valence-corrected chi connectivity index (χ3v) is 48.0. The number of hydrogen-bond donors (Lipinski definition) is 2. The number of ether oxygens (including phenoxy) is 1. The normalized spacial score (nSPS) is 11.1. The topological polar surface area (TPSA) is 166 Å². The average Bonchev–Trinajstić information content (AvgIpc) is 0.832. The Labute approximate surface area is 873 Å². The number of halogens is 6. The van der Waals surface area contributed by atoms with Gasteiger partial charge in [-0.2, -0.15) is 13.2 Å². The largest absolute Gasteiger partial charge is 0.466 e. The Morgan fingerprint density at radius 3 is 0.963 bits per heavy atom. The number of nitrogens with one attached hydrogen (secondary N) is 1. The highest BCUT2D eigenvalue weighted by molar-refractivity contribution is 14.1. The van der Waals surface area contributed by atoms with Crippen LogP contribution in [0, 0.1) is 5.92 Å². The van der Waals surface area contributed by atoms with Crippen molar-refractivity contribution in [2.45, 2.75) is 432 Å². The molecule has 0 bridgehead atoms. The Balaban J connectivity index is -0.000000109. The summed E-state index contributed by atoms with van der Waals surface area (Å²) in [6, 6.07) is 42.4. The number of esters is 1. The van der Waals surface area contributed by atoms with E-state index < -0.39 is 86.0 Å². The monoisotopic (exact) mass is 2300 g/mol. The Morgan fingerprint density at radius 2 is 0.807 bits per heavy atom. The summed E-state index contributed by atoms with van der Waals surface area (Å²) in [6.45, 7) is 112. The highest BCUT2D eigenvalue weighted by Crippen LogP contribution is 2.23. The second-order valence-corrected chi connectivity index (χ2v) is 97.3. The summed E-state index contributed by atoms with van der Waals surface area (Å²) in [5, 5.41) is 7.14. The minimum absolute atomic E-state index is 0.0394. The van der Waals surface area contributed by atoms with E-state index in [0.29, 0.717) is 17.2 Å². The Bertz CT molecular complexity index is 3310. The zero-order valence-electron chi connectivity index (χ0n) is 97.9. The van der Waals surface area contributed by atoms with Crippen molar-refractivity contribution in [3.63, 3.8) is 0 Å². The lowest BCUT2D eigenvalue weighted by atomic mass is 10.2. The first-order chi connectivity index (χ1) is 60.8. The number of benzene rings is 4. The van der Waals surface area contributed by atoms with Gasteiger partial charge in [-0.15, -0.1) is 0 Å². The predicted octanol–water partition coefficient (Wildman–Crippen LogP) is 32.1. The fourth-order valence-corrected chi connectivity index (χ4v) is 34.6. The van der Waals surface area contributed by atoms with Crippen LogP contribution in [0.25, 0.3) is 0 Å². The van der Waals surface area contributed by atoms with Gasteiger partial charge >= 0.3 is 12.1 Å². The van der Waals surface area contributed by atoms with Crippen LogP contribution in [-0.4, -0.2) is 195 Å². The molecule has 0 heterocycles. The fraction of sp³-hybridized carbons (Fsp3) is 0.714. The molecule has 0 radical (unpaired) electrons. The average molecular weight is 2310 g/mol. The van der Waals surface area contributed by atoms with Gasteiger partial charge in [-0.05, 0) is 141 Å². The van der Waals surface area contributed by atoms with Crippen LogP contribution in [0.2, 0.25) is 200 Å². The first-order valence-corrected chi connectivity index (χ1v) is 86.2. The second kappa shape index (κ2) is 88.7. The number of carbonyl (C=O) groups is 6. The minimum Gasteiger partial charge on any atom is -0.466 e. The molecule has 800 valence electrons. The maximum absolute atomic E-state index is 11.8. The molecule has 4 aromatic rings. The van der Waals surface area contributed by atoms with Gasteiger partial charge in [0.15, 0.2) is 25.0 Å². The molecule has 0 spiro atoms. The number of alkyl halides is 6. The van der Waals surface area contributed by atoms with E-state index in [1.54, 1.807) is 72.4 Å². The molecule has 0 aliphatic rings. The summed E-state index contributed by atoms with van der Waals surface area (Å²) < 4.78 is 53.5. The van der Waals surface area contributed by atoms with Crippen LogP contribution in [-0.2, 0) is 37.6 Å². The molecule has 0 aromatic heterocycles. The summed E-state index contributed by atoms with van der Waals surface area (Å²) in [4.78, 5) is 80.3. The van der Waals surface area contributed by atoms with Crippen molar-refractivity contribution in [3.8, 4) is 0 Å². The van der Waals surface area contributed by atoms with Gasteiger partial charge in [0, 0.05) is 137 Å². The summed E-state index contributed by atoms with van der Waals surface area (Å²) in [6.07, 6.45) is 3.77. The minimum atomic E-state index is -3.96. The van der Waals surface area contributed by atoms with E-state index in [0.717, 1.165) is 65.7 Å². The summed E-state index contributed by atoms with van der Waals surface area (Å²) >= 11 is 4.85. The van der Waals surface area contributed by atoms with Gasteiger partial charge in [0.25, 0.3) is 0 Å². The van der Waals surface area contributed by atoms with Crippen molar-refractivity contribution in [1.82, 2.24) is 10.2 Å². The molecule has 2 N–H and O–H groups in total. The van der Waals surface area contributed by atoms with Gasteiger partial charge in [0.2, 0.25) is 29.5 Å². The number of anilines is 3. The standard InChI is InChI=1S/2C14H23NOSi.C12H22Si2.C10H13NO.C6H18OSi2.C6H18Si2.C5H11I.C5H11NO.C5H14Si.C5H12.C4H9I.C4H9NO.C4H8O2.C4H12OSi.C3H5F3.C3H8.CH3F/c1-6-10-17(4,5)14-9-7-8-13(11-14)15(3)12(2)16;1-5-11-17(3,4)12-15(13(2)16)14-9-7-6-8-10-14;1-13(2,3)11-7-9-12(10-8-11)14(4,5)6;1-3-11(9(2)12)10-7-5-4-6-8-10;1-8(2,3)7-9(4,5)6;1-7(2)6-8(3,4)5;1-4-5(2,3)6;1-4-6(3)5(2)7;1-5-6(2,3)4;1-4-5(2)3;1-3-4(2)5;1-3-5-4(2)6;1-3-6-4(2)5;1-4-6(2,3)5;1-2-3(4,5)6;1-3-2;1-2/h7-9,11H,6,10H2,1-5H3;6-10H,5,11-12H2,1-4H3;7-10H,1-6H3;4-8H,3H2,1-2H3;1-6H3;7H,6H2,1-5H3;4H2,1-3H3;4H2,1-3H3;5H2,1-4H3;5H,4H2,1-3H3;4H,3H2,1-2H3;3H2,1-2H3,(H,5,6);3H2,1-2H3;5H,4H2,1-3H3;2H2,1H3;3H2,1-2H3;1H3. The van der Waals surface area contributed by atoms with Gasteiger partial charge in [-0.1, -0.05) is 405 Å². The third-order valence-electron chi connectivity index (χ3n) is 18.7. The summed E-state index contributed by atoms with van der Waals surface area (Å²) in [7, 11) is -6.34. The molecule has 0 fully saturated rings. The molecule has 4 rings (SSSR count). The summed E-state index contributed by atoms with van der Waals surface area (Å²) in [5.74, 6) is 1.15. The zero-order chi connectivity index (χ0) is 110. The van der Waals surface area contributed by atoms with Gasteiger partial charge in [0.1, 0.15) is 0 Å². The van der Waals surface area contributed by atoms with Crippen LogP contribution in [0.15, 0.2) is 109 Å². The van der Waals surface area contributed by atoms with Gasteiger partial charge < -0.3 is 38.6 Å². The highest BCUT2D eigenvalue weighted by atomic mass is 127. The maximum atomic E-state index is 11.8. The molecule has 1 unspecified atom stereocenters. The van der Waals surface area contributed by atoms with E-state index in [9.17, 15) is 46.3 Å². The summed E-state index contributed by atoms with van der Waals surface area (Å²) in [5.41, 5.74) is 4.60. The quantitative estimate of drug-likeness (QED) is 0.0216. The number of amides is 5. The Morgan fingerprint density at radius 1 is 0.481 bits per heavy atom. The predicted molar refractivity (Wildman–Crippen MR) is 648 cm³/mol. The molecular formula is C105H219F4I2N5O9Si10. The van der Waals surface area contributed by atoms with E-state index in [-0.39, 0.29) is 44.3 Å². The molecule has 0 saturated carbocycles. The van der Waals surface area contributed by atoms with Crippen LogP contribution < -0.4 is 35.6 Å². The number of para-hydroxylation sites is 2. The van der Waals surface area contributed by atoms with Crippen LogP contribution in [0.1, 0.15) is 218 Å². The third kappa shape index (κ3) is 131. The molecular weight excluding hydrogens is 2090 g/mol. The van der Waals surface area contributed by atoms with Crippen LogP contribution >= 0.6 is 45.2 Å². The van der Waals surface area contributed by atoms with Gasteiger partial charge in [-0.25, -0.2) is 0 Å². The molecule has 0 saturated heterocycles. The maximum Gasteiger partial charge on any atom is 0.388 e. The Hall–Kier alpha value is -3.03. The lowest BCUT2D eigenvalue weighted by Crippen LogP contribution is -2.44. The van der Waals surface area contributed by atoms with E-state index >= 15 is 0 Å². The number of carbonyl (C=O) groups excluding carboxylic acids is 6. The highest BCUT2D eigenvalue weighted by Gasteiger charge is 2.28. The number of nitrogens with zero attached hydrogens (tertiary/aromatic N) is 4. The van der Waals surface area contributed by atoms with Crippen molar-refractivity contribution >= 4 is 196 Å². The fourth-order valence-electron chi connectivity index (χ4n) is 9.75. The van der Waals surface area contributed by atoms with Crippen LogP contribution in [0.3, 0.4) is 0 Å². The lowest BCUT2D eigenvalue weighted by molar-refractivity contribution is -0.140. The van der Waals surface area contributed by atoms with Crippen molar-refractivity contribution in [2.24, 2.45) is 5.92 Å². The molecule has 1 atom stereocenters. The van der Waals surface area contributed by atoms with Crippen molar-refractivity contribution in [2.75, 3.05) is 68.4 Å². The van der Waals surface area contributed by atoms with E-state index in [4.69, 9.17) is 8.91 Å². The zero-order valence-corrected chi connectivity index (χ0v) is 112. The molecule has 30 heteroatoms.